The topological polar surface area (TPSA) is 61.8 Å². The second kappa shape index (κ2) is 47.5. The predicted molar refractivity (Wildman–Crippen MR) is 242 cm³/mol. The normalized spacial score (nSPS) is 12.4. The van der Waals surface area contributed by atoms with Gasteiger partial charge in [-0.25, -0.2) is 0 Å². The maximum absolute atomic E-state index is 12.7. The van der Waals surface area contributed by atoms with Crippen molar-refractivity contribution in [2.45, 2.75) is 258 Å². The summed E-state index contributed by atoms with van der Waals surface area (Å²) < 4.78 is 17.3. The number of unbranched alkanes of at least 4 members (excludes halogenated alkanes) is 28. The minimum atomic E-state index is -0.537. The monoisotopic (exact) mass is 787 g/mol. The van der Waals surface area contributed by atoms with E-state index in [-0.39, 0.29) is 25.2 Å². The Morgan fingerprint density at radius 3 is 1.29 bits per heavy atom. The zero-order valence-electron chi connectivity index (χ0n) is 37.7. The molecule has 0 bridgehead atoms. The quantitative estimate of drug-likeness (QED) is 0.0349. The Balaban J connectivity index is 4.15. The second-order valence-electron chi connectivity index (χ2n) is 16.4. The highest BCUT2D eigenvalue weighted by Gasteiger charge is 2.17. The van der Waals surface area contributed by atoms with Crippen LogP contribution < -0.4 is 0 Å². The number of esters is 2. The predicted octanol–water partition coefficient (Wildman–Crippen LogP) is 16.2. The molecule has 0 aliphatic rings. The minimum Gasteiger partial charge on any atom is -0.462 e. The zero-order valence-corrected chi connectivity index (χ0v) is 37.7. The third-order valence-corrected chi connectivity index (χ3v) is 10.7. The molecule has 0 aromatic rings. The van der Waals surface area contributed by atoms with Crippen LogP contribution in [-0.2, 0) is 23.8 Å². The number of ether oxygens (including phenoxy) is 3. The molecule has 0 radical (unpaired) electrons. The summed E-state index contributed by atoms with van der Waals surface area (Å²) in [5.41, 5.74) is 0. The fraction of sp³-hybridized carbons (Fsp3) is 0.843. The molecule has 0 aromatic heterocycles. The van der Waals surface area contributed by atoms with Gasteiger partial charge in [0.05, 0.1) is 6.61 Å². The van der Waals surface area contributed by atoms with Crippen molar-refractivity contribution in [1.29, 1.82) is 0 Å². The Morgan fingerprint density at radius 2 is 0.804 bits per heavy atom. The van der Waals surface area contributed by atoms with E-state index in [2.05, 4.69) is 57.2 Å². The van der Waals surface area contributed by atoms with Gasteiger partial charge >= 0.3 is 11.9 Å². The average molecular weight is 787 g/mol. The standard InChI is InChI=1S/C51H94O5/c1-4-7-10-13-16-19-21-23-25-26-28-29-31-33-35-38-41-44-50(52)55-48-49(47-54-46-43-40-37-18-15-12-9-6-3)56-51(53)45-42-39-36-34-32-30-27-24-22-20-17-14-11-8-5-2/h8,11,17,20,24,27,49H,4-7,9-10,12-16,18-19,21-23,25-26,28-48H2,1-3H3/b11-8-,20-17-,27-24-. The van der Waals surface area contributed by atoms with Crippen molar-refractivity contribution in [3.05, 3.63) is 36.5 Å². The first-order chi connectivity index (χ1) is 27.6. The lowest BCUT2D eigenvalue weighted by Crippen LogP contribution is -2.30. The molecule has 5 heteroatoms. The maximum atomic E-state index is 12.7. The van der Waals surface area contributed by atoms with Gasteiger partial charge in [-0.05, 0) is 51.4 Å². The van der Waals surface area contributed by atoms with Crippen molar-refractivity contribution in [3.8, 4) is 0 Å². The summed E-state index contributed by atoms with van der Waals surface area (Å²) in [7, 11) is 0. The van der Waals surface area contributed by atoms with Crippen LogP contribution in [0.2, 0.25) is 0 Å². The van der Waals surface area contributed by atoms with Crippen molar-refractivity contribution in [2.75, 3.05) is 19.8 Å². The summed E-state index contributed by atoms with van der Waals surface area (Å²) >= 11 is 0. The van der Waals surface area contributed by atoms with Crippen LogP contribution in [-0.4, -0.2) is 37.9 Å². The third kappa shape index (κ3) is 44.8. The smallest absolute Gasteiger partial charge is 0.306 e. The van der Waals surface area contributed by atoms with E-state index in [0.717, 1.165) is 70.6 Å². The fourth-order valence-electron chi connectivity index (χ4n) is 7.05. The molecule has 56 heavy (non-hydrogen) atoms. The van der Waals surface area contributed by atoms with E-state index in [0.29, 0.717) is 19.4 Å². The first-order valence-corrected chi connectivity index (χ1v) is 24.5. The number of carbonyl (C=O) groups excluding carboxylic acids is 2. The summed E-state index contributed by atoms with van der Waals surface area (Å²) in [6.45, 7) is 7.72. The number of carbonyl (C=O) groups is 2. The summed E-state index contributed by atoms with van der Waals surface area (Å²) in [5.74, 6) is -0.405. The molecule has 1 atom stereocenters. The lowest BCUT2D eigenvalue weighted by molar-refractivity contribution is -0.163. The first-order valence-electron chi connectivity index (χ1n) is 24.5. The van der Waals surface area contributed by atoms with E-state index in [1.807, 2.05) is 0 Å². The van der Waals surface area contributed by atoms with E-state index in [1.54, 1.807) is 0 Å². The molecule has 0 N–H and O–H groups in total. The molecule has 0 spiro atoms. The molecule has 5 nitrogen and oxygen atoms in total. The van der Waals surface area contributed by atoms with Crippen LogP contribution in [0.1, 0.15) is 252 Å². The van der Waals surface area contributed by atoms with Gasteiger partial charge in [-0.15, -0.1) is 0 Å². The van der Waals surface area contributed by atoms with Crippen LogP contribution in [0.3, 0.4) is 0 Å². The highest BCUT2D eigenvalue weighted by Crippen LogP contribution is 2.15. The molecular weight excluding hydrogens is 693 g/mol. The summed E-state index contributed by atoms with van der Waals surface area (Å²) in [4.78, 5) is 25.3. The Labute approximate surface area is 349 Å². The van der Waals surface area contributed by atoms with Gasteiger partial charge in [-0.2, -0.15) is 0 Å². The molecule has 0 aliphatic carbocycles. The van der Waals surface area contributed by atoms with Gasteiger partial charge < -0.3 is 14.2 Å². The van der Waals surface area contributed by atoms with Crippen LogP contribution in [0, 0.1) is 0 Å². The highest BCUT2D eigenvalue weighted by molar-refractivity contribution is 5.70. The van der Waals surface area contributed by atoms with Crippen LogP contribution in [0.4, 0.5) is 0 Å². The fourth-order valence-corrected chi connectivity index (χ4v) is 7.05. The molecule has 0 aromatic carbocycles. The molecule has 0 heterocycles. The molecule has 0 aliphatic heterocycles. The molecule has 0 rings (SSSR count). The molecule has 328 valence electrons. The van der Waals surface area contributed by atoms with Crippen molar-refractivity contribution in [1.82, 2.24) is 0 Å². The van der Waals surface area contributed by atoms with E-state index in [4.69, 9.17) is 14.2 Å². The van der Waals surface area contributed by atoms with Crippen LogP contribution in [0.15, 0.2) is 36.5 Å². The van der Waals surface area contributed by atoms with Crippen molar-refractivity contribution in [2.24, 2.45) is 0 Å². The first kappa shape index (κ1) is 54.1. The molecule has 1 unspecified atom stereocenters. The molecule has 0 saturated carbocycles. The zero-order chi connectivity index (χ0) is 40.7. The molecule has 0 fully saturated rings. The number of rotatable bonds is 45. The maximum Gasteiger partial charge on any atom is 0.306 e. The number of hydrogen-bond acceptors (Lipinski definition) is 5. The number of hydrogen-bond donors (Lipinski definition) is 0. The van der Waals surface area contributed by atoms with Gasteiger partial charge in [0.1, 0.15) is 6.61 Å². The van der Waals surface area contributed by atoms with Crippen LogP contribution >= 0.6 is 0 Å². The van der Waals surface area contributed by atoms with Crippen molar-refractivity contribution < 1.29 is 23.8 Å². The average Bonchev–Trinajstić information content (AvgIpc) is 3.20. The third-order valence-electron chi connectivity index (χ3n) is 10.7. The van der Waals surface area contributed by atoms with Crippen LogP contribution in [0.25, 0.3) is 0 Å². The lowest BCUT2D eigenvalue weighted by atomic mass is 10.0. The Kier molecular flexibility index (Phi) is 45.9. The van der Waals surface area contributed by atoms with Crippen molar-refractivity contribution in [3.63, 3.8) is 0 Å². The van der Waals surface area contributed by atoms with E-state index < -0.39 is 6.10 Å². The number of allylic oxidation sites excluding steroid dienone is 6. The van der Waals surface area contributed by atoms with Crippen molar-refractivity contribution >= 4 is 11.9 Å². The highest BCUT2D eigenvalue weighted by atomic mass is 16.6. The summed E-state index contributed by atoms with van der Waals surface area (Å²) in [6.07, 6.45) is 55.8. The van der Waals surface area contributed by atoms with Crippen LogP contribution in [0.5, 0.6) is 0 Å². The SMILES string of the molecule is CC/C=C\C/C=C\C/C=C\CCCCCCCC(=O)OC(COCCCCCCCCCC)COC(=O)CCCCCCCCCCCCCCCCCCC. The summed E-state index contributed by atoms with van der Waals surface area (Å²) in [5, 5.41) is 0. The van der Waals surface area contributed by atoms with Gasteiger partial charge in [-0.3, -0.25) is 9.59 Å². The summed E-state index contributed by atoms with van der Waals surface area (Å²) in [6, 6.07) is 0. The Hall–Kier alpha value is -1.88. The molecule has 0 amide bonds. The van der Waals surface area contributed by atoms with E-state index in [9.17, 15) is 9.59 Å². The van der Waals surface area contributed by atoms with Gasteiger partial charge in [0.15, 0.2) is 6.10 Å². The lowest BCUT2D eigenvalue weighted by Gasteiger charge is -2.18. The van der Waals surface area contributed by atoms with Gasteiger partial charge in [0, 0.05) is 19.4 Å². The Morgan fingerprint density at radius 1 is 0.411 bits per heavy atom. The molecular formula is C51H94O5. The van der Waals surface area contributed by atoms with E-state index >= 15 is 0 Å². The minimum absolute atomic E-state index is 0.0835. The van der Waals surface area contributed by atoms with Gasteiger partial charge in [-0.1, -0.05) is 224 Å². The van der Waals surface area contributed by atoms with E-state index in [1.165, 1.54) is 148 Å². The van der Waals surface area contributed by atoms with Gasteiger partial charge in [0.25, 0.3) is 0 Å². The molecule has 0 saturated heterocycles. The Bertz CT molecular complexity index is 893. The largest absolute Gasteiger partial charge is 0.462 e. The van der Waals surface area contributed by atoms with Gasteiger partial charge in [0.2, 0.25) is 0 Å². The second-order valence-corrected chi connectivity index (χ2v) is 16.4.